The summed E-state index contributed by atoms with van der Waals surface area (Å²) in [5, 5.41) is 1.28. The van der Waals surface area contributed by atoms with Crippen LogP contribution in [-0.4, -0.2) is 31.4 Å². The van der Waals surface area contributed by atoms with Gasteiger partial charge < -0.3 is 11.1 Å². The molecule has 0 N–H and O–H groups in total. The Bertz CT molecular complexity index is 1260. The third kappa shape index (κ3) is 9.63. The number of hydrogen-bond donors (Lipinski definition) is 0. The zero-order valence-electron chi connectivity index (χ0n) is 21.1. The topological polar surface area (TPSA) is 38.7 Å². The van der Waals surface area contributed by atoms with Crippen molar-refractivity contribution < 1.29 is 52.8 Å². The molecule has 0 bridgehead atoms. The second-order valence-electron chi connectivity index (χ2n) is 8.70. The van der Waals surface area contributed by atoms with Gasteiger partial charge >= 0.3 is 0 Å². The van der Waals surface area contributed by atoms with E-state index in [-0.39, 0.29) is 61.2 Å². The molecule has 7 heteroatoms. The van der Waals surface area contributed by atoms with Crippen molar-refractivity contribution in [1.29, 1.82) is 0 Å². The molecule has 5 radical (unpaired) electrons. The van der Waals surface area contributed by atoms with Crippen molar-refractivity contribution >= 4 is 21.7 Å². The van der Waals surface area contributed by atoms with Gasteiger partial charge in [0, 0.05) is 79.8 Å². The zero-order valence-corrected chi connectivity index (χ0v) is 27.3. The van der Waals surface area contributed by atoms with Crippen LogP contribution in [0.5, 0.6) is 0 Å². The molecule has 0 atom stereocenters. The van der Waals surface area contributed by atoms with E-state index in [1.807, 2.05) is 91.3 Å². The second-order valence-corrected chi connectivity index (χ2v) is 13.8. The minimum atomic E-state index is -1.29. The molecule has 0 spiro atoms. The molecular formula is C30H25BIrN3SiY-4. The molecule has 0 unspecified atom stereocenters. The molecule has 3 aromatic carbocycles. The number of nitrogens with zero attached hydrogens (tertiary/aromatic N) is 3. The average Bonchev–Trinajstić information content (AvgIpc) is 2.90. The number of aromatic nitrogens is 3. The molecule has 0 aliphatic rings. The smallest absolute Gasteiger partial charge is 0.0815 e. The molecule has 0 amide bonds. The van der Waals surface area contributed by atoms with Crippen LogP contribution in [0.1, 0.15) is 0 Å². The first-order valence-electron chi connectivity index (χ1n) is 11.1. The molecule has 183 valence electrons. The molecule has 5 rings (SSSR count). The van der Waals surface area contributed by atoms with E-state index in [1.165, 1.54) is 5.19 Å². The van der Waals surface area contributed by atoms with Crippen molar-refractivity contribution in [3.63, 3.8) is 0 Å². The van der Waals surface area contributed by atoms with Gasteiger partial charge in [-0.1, -0.05) is 31.4 Å². The fourth-order valence-electron chi connectivity index (χ4n) is 3.17. The maximum atomic E-state index is 4.41. The van der Waals surface area contributed by atoms with Crippen LogP contribution in [0.15, 0.2) is 97.5 Å². The van der Waals surface area contributed by atoms with E-state index >= 15 is 0 Å². The minimum Gasteiger partial charge on any atom is -0.352 e. The zero-order chi connectivity index (χ0) is 23.8. The first-order valence-corrected chi connectivity index (χ1v) is 14.6. The van der Waals surface area contributed by atoms with E-state index in [1.54, 1.807) is 6.20 Å². The second kappa shape index (κ2) is 16.0. The summed E-state index contributed by atoms with van der Waals surface area (Å²) in [5.41, 5.74) is 4.75. The van der Waals surface area contributed by atoms with Crippen molar-refractivity contribution in [3.05, 3.63) is 122 Å². The largest absolute Gasteiger partial charge is 0.352 e. The Balaban J connectivity index is 0.000000344. The van der Waals surface area contributed by atoms with Gasteiger partial charge in [0.05, 0.1) is 13.9 Å². The van der Waals surface area contributed by atoms with Crippen LogP contribution in [-0.2, 0) is 52.8 Å². The SMILES string of the molecule is C[Si](C)(C)c1cnc(-c2[c-]cccc2)nc1.[B].[Ir].[Y].[c-]1ccc(-c2[c-]cccc2)[c-]c1-c1ccccn1. The third-order valence-corrected chi connectivity index (χ3v) is 7.12. The monoisotopic (exact) mass is 748 g/mol. The van der Waals surface area contributed by atoms with E-state index < -0.39 is 8.07 Å². The summed E-state index contributed by atoms with van der Waals surface area (Å²) in [4.78, 5) is 13.1. The first-order chi connectivity index (χ1) is 16.5. The van der Waals surface area contributed by atoms with Crippen molar-refractivity contribution in [3.8, 4) is 33.8 Å². The summed E-state index contributed by atoms with van der Waals surface area (Å²) in [6.07, 6.45) is 5.68. The Morgan fingerprint density at radius 2 is 1.27 bits per heavy atom. The fourth-order valence-corrected chi connectivity index (χ4v) is 4.08. The normalized spacial score (nSPS) is 9.92. The third-order valence-electron chi connectivity index (χ3n) is 5.13. The van der Waals surface area contributed by atoms with Gasteiger partial charge in [0.15, 0.2) is 0 Å². The summed E-state index contributed by atoms with van der Waals surface area (Å²) in [7, 11) is -1.29. The van der Waals surface area contributed by atoms with Crippen LogP contribution in [0.3, 0.4) is 0 Å². The fraction of sp³-hybridized carbons (Fsp3) is 0.100. The van der Waals surface area contributed by atoms with Crippen LogP contribution in [0.25, 0.3) is 33.8 Å². The predicted molar refractivity (Wildman–Crippen MR) is 147 cm³/mol. The summed E-state index contributed by atoms with van der Waals surface area (Å²) >= 11 is 0. The van der Waals surface area contributed by atoms with E-state index in [2.05, 4.69) is 58.9 Å². The number of hydrogen-bond acceptors (Lipinski definition) is 3. The Kier molecular flexibility index (Phi) is 14.3. The van der Waals surface area contributed by atoms with Gasteiger partial charge in [-0.25, -0.2) is 6.07 Å². The van der Waals surface area contributed by atoms with E-state index in [0.717, 1.165) is 33.8 Å². The van der Waals surface area contributed by atoms with E-state index in [4.69, 9.17) is 0 Å². The predicted octanol–water partition coefficient (Wildman–Crippen LogP) is 5.92. The molecule has 0 fully saturated rings. The molecule has 0 aliphatic carbocycles. The molecule has 2 aromatic heterocycles. The number of rotatable bonds is 4. The van der Waals surface area contributed by atoms with Crippen molar-refractivity contribution in [2.45, 2.75) is 19.6 Å². The molecule has 0 saturated heterocycles. The van der Waals surface area contributed by atoms with Crippen LogP contribution in [0.4, 0.5) is 0 Å². The Labute approximate surface area is 262 Å². The van der Waals surface area contributed by atoms with Gasteiger partial charge in [0.1, 0.15) is 0 Å². The van der Waals surface area contributed by atoms with Crippen molar-refractivity contribution in [2.75, 3.05) is 0 Å². The van der Waals surface area contributed by atoms with Gasteiger partial charge in [-0.3, -0.25) is 33.2 Å². The maximum absolute atomic E-state index is 4.41. The number of pyridine rings is 1. The van der Waals surface area contributed by atoms with Crippen LogP contribution in [0.2, 0.25) is 19.6 Å². The molecule has 37 heavy (non-hydrogen) atoms. The van der Waals surface area contributed by atoms with Crippen LogP contribution in [0, 0.1) is 24.3 Å². The summed E-state index contributed by atoms with van der Waals surface area (Å²) < 4.78 is 0. The molecule has 0 saturated carbocycles. The van der Waals surface area contributed by atoms with Gasteiger partial charge in [-0.2, -0.15) is 5.56 Å². The summed E-state index contributed by atoms with van der Waals surface area (Å²) in [5.74, 6) is 0.752. The molecule has 2 heterocycles. The van der Waals surface area contributed by atoms with Gasteiger partial charge in [-0.05, 0) is 11.3 Å². The summed E-state index contributed by atoms with van der Waals surface area (Å²) in [6, 6.07) is 38.2. The Morgan fingerprint density at radius 3 is 1.81 bits per heavy atom. The van der Waals surface area contributed by atoms with Gasteiger partial charge in [-0.15, -0.1) is 72.3 Å². The molecular weight excluding hydrogens is 722 g/mol. The Morgan fingerprint density at radius 1 is 0.649 bits per heavy atom. The number of benzene rings is 3. The maximum Gasteiger partial charge on any atom is 0.0815 e. The van der Waals surface area contributed by atoms with E-state index in [9.17, 15) is 0 Å². The summed E-state index contributed by atoms with van der Waals surface area (Å²) in [6.45, 7) is 6.88. The molecule has 5 aromatic rings. The quantitative estimate of drug-likeness (QED) is 0.170. The average molecular weight is 748 g/mol. The van der Waals surface area contributed by atoms with Crippen LogP contribution < -0.4 is 5.19 Å². The minimum absolute atomic E-state index is 0. The van der Waals surface area contributed by atoms with Crippen molar-refractivity contribution in [1.82, 2.24) is 15.0 Å². The standard InChI is InChI=1S/C17H10N.C13H15N2Si.B.Ir.Y/c1-2-7-14(8-3-1)15-9-6-10-16(13-15)17-11-4-5-12-18-17;1-16(2,3)12-9-14-13(15-10-12)11-7-5-4-6-8-11;;;/h1-7,9,11-12H;4-7,9-10H,1-3H3;;;/q-3;-1;;;. The first kappa shape index (κ1) is 33.0. The van der Waals surface area contributed by atoms with Gasteiger partial charge in [0.2, 0.25) is 0 Å². The molecule has 0 aliphatic heterocycles. The van der Waals surface area contributed by atoms with Crippen molar-refractivity contribution in [2.24, 2.45) is 0 Å². The van der Waals surface area contributed by atoms with E-state index in [0.29, 0.717) is 0 Å². The van der Waals surface area contributed by atoms with Crippen LogP contribution >= 0.6 is 0 Å². The molecule has 3 nitrogen and oxygen atoms in total. The van der Waals surface area contributed by atoms with Gasteiger partial charge in [0.25, 0.3) is 0 Å². The Hall–Kier alpha value is -2.07.